The molecule has 0 aromatic heterocycles. The second-order valence-corrected chi connectivity index (χ2v) is 4.25. The van der Waals surface area contributed by atoms with Crippen LogP contribution in [-0.4, -0.2) is 48.3 Å². The number of aliphatic hydroxyl groups excluding tert-OH is 1. The molecule has 0 rings (SSSR count). The molecule has 0 aliphatic heterocycles. The lowest BCUT2D eigenvalue weighted by Gasteiger charge is -2.27. The number of likely N-dealkylation sites (N-methyl/N-ethyl adjacent to an activating group) is 1. The first-order valence-corrected chi connectivity index (χ1v) is 6.23. The summed E-state index contributed by atoms with van der Waals surface area (Å²) in [5.74, 6) is 0. The molecule has 0 saturated carbocycles. The average Bonchev–Trinajstić information content (AvgIpc) is 2.25. The average molecular weight is 216 g/mol. The zero-order valence-corrected chi connectivity index (χ0v) is 10.8. The van der Waals surface area contributed by atoms with Crippen molar-refractivity contribution < 1.29 is 5.11 Å². The third-order valence-electron chi connectivity index (χ3n) is 2.99. The van der Waals surface area contributed by atoms with Crippen LogP contribution in [0.4, 0.5) is 0 Å². The lowest BCUT2D eigenvalue weighted by molar-refractivity contribution is 0.218. The number of nitrogens with one attached hydrogen (secondary N) is 1. The highest BCUT2D eigenvalue weighted by atomic mass is 16.2. The molecule has 0 aliphatic carbocycles. The quantitative estimate of drug-likeness (QED) is 0.612. The van der Waals surface area contributed by atoms with Gasteiger partial charge in [0.05, 0.1) is 0 Å². The van der Waals surface area contributed by atoms with E-state index in [1.165, 1.54) is 0 Å². The lowest BCUT2D eigenvalue weighted by Crippen LogP contribution is -2.42. The maximum absolute atomic E-state index is 8.72. The topological polar surface area (TPSA) is 35.5 Å². The highest BCUT2D eigenvalue weighted by molar-refractivity contribution is 4.70. The van der Waals surface area contributed by atoms with Crippen molar-refractivity contribution in [2.75, 3.05) is 26.2 Å². The zero-order valence-electron chi connectivity index (χ0n) is 10.8. The summed E-state index contributed by atoms with van der Waals surface area (Å²) in [6.07, 6.45) is 1.95. The molecule has 0 radical (unpaired) electrons. The Bertz CT molecular complexity index is 138. The SMILES string of the molecule is CCN(CC)C(C)CNC(C)CCCO. The molecule has 0 spiro atoms. The van der Waals surface area contributed by atoms with E-state index in [2.05, 4.69) is 37.9 Å². The number of hydrogen-bond donors (Lipinski definition) is 2. The van der Waals surface area contributed by atoms with Gasteiger partial charge in [0.2, 0.25) is 0 Å². The van der Waals surface area contributed by atoms with Crippen molar-refractivity contribution in [3.8, 4) is 0 Å². The van der Waals surface area contributed by atoms with Gasteiger partial charge in [-0.1, -0.05) is 13.8 Å². The minimum absolute atomic E-state index is 0.303. The molecule has 3 heteroatoms. The molecule has 0 aromatic rings. The maximum Gasteiger partial charge on any atom is 0.0431 e. The number of hydrogen-bond acceptors (Lipinski definition) is 3. The standard InChI is InChI=1S/C12H28N2O/c1-5-14(6-2)12(4)10-13-11(3)8-7-9-15/h11-13,15H,5-10H2,1-4H3. The van der Waals surface area contributed by atoms with Gasteiger partial charge in [-0.3, -0.25) is 4.90 Å². The van der Waals surface area contributed by atoms with E-state index in [-0.39, 0.29) is 0 Å². The first-order valence-electron chi connectivity index (χ1n) is 6.23. The van der Waals surface area contributed by atoms with Crippen molar-refractivity contribution in [1.29, 1.82) is 0 Å². The van der Waals surface area contributed by atoms with Crippen LogP contribution in [0.5, 0.6) is 0 Å². The number of nitrogens with zero attached hydrogens (tertiary/aromatic N) is 1. The van der Waals surface area contributed by atoms with Gasteiger partial charge in [0, 0.05) is 25.2 Å². The van der Waals surface area contributed by atoms with E-state index in [1.807, 2.05) is 0 Å². The summed E-state index contributed by atoms with van der Waals surface area (Å²) in [7, 11) is 0. The van der Waals surface area contributed by atoms with E-state index in [1.54, 1.807) is 0 Å². The largest absolute Gasteiger partial charge is 0.396 e. The summed E-state index contributed by atoms with van der Waals surface area (Å²) in [6.45, 7) is 12.4. The fourth-order valence-corrected chi connectivity index (χ4v) is 1.85. The van der Waals surface area contributed by atoms with Gasteiger partial charge in [-0.05, 0) is 39.8 Å². The van der Waals surface area contributed by atoms with Crippen molar-refractivity contribution in [3.05, 3.63) is 0 Å². The van der Waals surface area contributed by atoms with Gasteiger partial charge in [0.1, 0.15) is 0 Å². The first-order chi connectivity index (χ1) is 7.15. The molecule has 2 N–H and O–H groups in total. The molecule has 0 fully saturated rings. The molecule has 0 amide bonds. The summed E-state index contributed by atoms with van der Waals surface area (Å²) in [4.78, 5) is 2.45. The molecule has 0 heterocycles. The highest BCUT2D eigenvalue weighted by Gasteiger charge is 2.10. The number of aliphatic hydroxyl groups is 1. The van der Waals surface area contributed by atoms with Crippen LogP contribution in [0.1, 0.15) is 40.5 Å². The van der Waals surface area contributed by atoms with Gasteiger partial charge in [0.15, 0.2) is 0 Å². The van der Waals surface area contributed by atoms with Crippen molar-refractivity contribution in [1.82, 2.24) is 10.2 Å². The van der Waals surface area contributed by atoms with Gasteiger partial charge >= 0.3 is 0 Å². The van der Waals surface area contributed by atoms with Crippen LogP contribution in [0.25, 0.3) is 0 Å². The Labute approximate surface area is 94.9 Å². The van der Waals surface area contributed by atoms with Crippen molar-refractivity contribution in [2.24, 2.45) is 0 Å². The highest BCUT2D eigenvalue weighted by Crippen LogP contribution is 1.99. The Hall–Kier alpha value is -0.120. The Balaban J connectivity index is 3.63. The van der Waals surface area contributed by atoms with E-state index < -0.39 is 0 Å². The third-order valence-corrected chi connectivity index (χ3v) is 2.99. The predicted molar refractivity (Wildman–Crippen MR) is 66.2 cm³/mol. The van der Waals surface area contributed by atoms with E-state index in [9.17, 15) is 0 Å². The first kappa shape index (κ1) is 14.9. The monoisotopic (exact) mass is 216 g/mol. The summed E-state index contributed by atoms with van der Waals surface area (Å²) >= 11 is 0. The molecule has 15 heavy (non-hydrogen) atoms. The summed E-state index contributed by atoms with van der Waals surface area (Å²) in [5, 5.41) is 12.2. The molecule has 0 aliphatic rings. The normalized spacial score (nSPS) is 15.6. The third kappa shape index (κ3) is 6.88. The molecule has 0 bridgehead atoms. The minimum atomic E-state index is 0.303. The van der Waals surface area contributed by atoms with Crippen LogP contribution in [0.2, 0.25) is 0 Å². The Morgan fingerprint density at radius 2 is 1.80 bits per heavy atom. The van der Waals surface area contributed by atoms with Crippen LogP contribution in [0.3, 0.4) is 0 Å². The number of rotatable bonds is 9. The molecule has 2 atom stereocenters. The van der Waals surface area contributed by atoms with Gasteiger partial charge in [-0.25, -0.2) is 0 Å². The van der Waals surface area contributed by atoms with Crippen LogP contribution in [0, 0.1) is 0 Å². The molecule has 0 aromatic carbocycles. The van der Waals surface area contributed by atoms with Crippen LogP contribution in [-0.2, 0) is 0 Å². The van der Waals surface area contributed by atoms with E-state index in [4.69, 9.17) is 5.11 Å². The second-order valence-electron chi connectivity index (χ2n) is 4.25. The van der Waals surface area contributed by atoms with E-state index >= 15 is 0 Å². The zero-order chi connectivity index (χ0) is 11.7. The Morgan fingerprint density at radius 3 is 2.27 bits per heavy atom. The fraction of sp³-hybridized carbons (Fsp3) is 1.00. The van der Waals surface area contributed by atoms with Crippen LogP contribution in [0.15, 0.2) is 0 Å². The van der Waals surface area contributed by atoms with Gasteiger partial charge in [-0.15, -0.1) is 0 Å². The minimum Gasteiger partial charge on any atom is -0.396 e. The van der Waals surface area contributed by atoms with Crippen molar-refractivity contribution in [3.63, 3.8) is 0 Å². The van der Waals surface area contributed by atoms with Crippen LogP contribution < -0.4 is 5.32 Å². The molecule has 92 valence electrons. The summed E-state index contributed by atoms with van der Waals surface area (Å²) in [6, 6.07) is 1.10. The van der Waals surface area contributed by atoms with Gasteiger partial charge in [0.25, 0.3) is 0 Å². The van der Waals surface area contributed by atoms with Crippen molar-refractivity contribution >= 4 is 0 Å². The molecule has 3 nitrogen and oxygen atoms in total. The second kappa shape index (κ2) is 9.13. The Kier molecular flexibility index (Phi) is 9.06. The van der Waals surface area contributed by atoms with Gasteiger partial charge in [-0.2, -0.15) is 0 Å². The summed E-state index contributed by atoms with van der Waals surface area (Å²) in [5.41, 5.74) is 0. The Morgan fingerprint density at radius 1 is 1.20 bits per heavy atom. The maximum atomic E-state index is 8.72. The van der Waals surface area contributed by atoms with Crippen LogP contribution >= 0.6 is 0 Å². The molecule has 0 saturated heterocycles. The van der Waals surface area contributed by atoms with Gasteiger partial charge < -0.3 is 10.4 Å². The van der Waals surface area contributed by atoms with E-state index in [0.29, 0.717) is 18.7 Å². The fourth-order valence-electron chi connectivity index (χ4n) is 1.85. The molecule has 2 unspecified atom stereocenters. The van der Waals surface area contributed by atoms with Crippen molar-refractivity contribution in [2.45, 2.75) is 52.6 Å². The molecular weight excluding hydrogens is 188 g/mol. The lowest BCUT2D eigenvalue weighted by atomic mass is 10.1. The summed E-state index contributed by atoms with van der Waals surface area (Å²) < 4.78 is 0. The molecular formula is C12H28N2O. The van der Waals surface area contributed by atoms with E-state index in [0.717, 1.165) is 32.5 Å². The smallest absolute Gasteiger partial charge is 0.0431 e. The predicted octanol–water partition coefficient (Wildman–Crippen LogP) is 1.47.